The van der Waals surface area contributed by atoms with Gasteiger partial charge in [-0.25, -0.2) is 25.4 Å². The van der Waals surface area contributed by atoms with Crippen molar-refractivity contribution < 1.29 is 9.59 Å². The van der Waals surface area contributed by atoms with Gasteiger partial charge in [0.15, 0.2) is 0 Å². The minimum Gasteiger partial charge on any atom is -0.329 e. The van der Waals surface area contributed by atoms with E-state index in [1.54, 1.807) is 46.4 Å². The maximum absolute atomic E-state index is 11.3. The van der Waals surface area contributed by atoms with Crippen molar-refractivity contribution in [1.29, 1.82) is 0 Å². The number of urea groups is 2. The minimum atomic E-state index is -0.333. The highest BCUT2D eigenvalue weighted by Gasteiger charge is 2.00. The molecule has 0 atom stereocenters. The second-order valence-corrected chi connectivity index (χ2v) is 4.63. The summed E-state index contributed by atoms with van der Waals surface area (Å²) in [6, 6.07) is 4.54. The molecule has 0 radical (unpaired) electrons. The van der Waals surface area contributed by atoms with Gasteiger partial charge in [0.25, 0.3) is 0 Å². The summed E-state index contributed by atoms with van der Waals surface area (Å²) < 4.78 is 0. The van der Waals surface area contributed by atoms with Crippen LogP contribution in [0.5, 0.6) is 0 Å². The molecule has 0 aliphatic carbocycles. The number of pyridine rings is 1. The standard InChI is InChI=1S/C13H19N7O2/c1-19(2)12(21)17-14-8-10-6-5-7-11(16-10)9-15-18-13(22)20(3)4/h5-9H,1-4H3,(H,17,21)(H,18,22). The zero-order valence-corrected chi connectivity index (χ0v) is 12.9. The van der Waals surface area contributed by atoms with Crippen molar-refractivity contribution in [3.8, 4) is 0 Å². The van der Waals surface area contributed by atoms with Crippen LogP contribution in [0, 0.1) is 0 Å². The van der Waals surface area contributed by atoms with Crippen LogP contribution in [-0.2, 0) is 0 Å². The van der Waals surface area contributed by atoms with Gasteiger partial charge in [-0.3, -0.25) is 0 Å². The second-order valence-electron chi connectivity index (χ2n) is 4.63. The van der Waals surface area contributed by atoms with Gasteiger partial charge >= 0.3 is 12.1 Å². The van der Waals surface area contributed by atoms with E-state index < -0.39 is 0 Å². The maximum atomic E-state index is 11.3. The molecular weight excluding hydrogens is 286 g/mol. The molecule has 22 heavy (non-hydrogen) atoms. The van der Waals surface area contributed by atoms with Gasteiger partial charge in [0.05, 0.1) is 23.8 Å². The fourth-order valence-corrected chi connectivity index (χ4v) is 1.12. The lowest BCUT2D eigenvalue weighted by molar-refractivity contribution is 0.217. The monoisotopic (exact) mass is 305 g/mol. The third-order valence-electron chi connectivity index (χ3n) is 2.32. The smallest absolute Gasteiger partial charge is 0.329 e. The van der Waals surface area contributed by atoms with Gasteiger partial charge in [0, 0.05) is 28.2 Å². The Labute approximate surface area is 128 Å². The van der Waals surface area contributed by atoms with Crippen molar-refractivity contribution in [2.24, 2.45) is 10.2 Å². The van der Waals surface area contributed by atoms with Gasteiger partial charge in [0.1, 0.15) is 0 Å². The van der Waals surface area contributed by atoms with E-state index in [4.69, 9.17) is 0 Å². The molecule has 2 N–H and O–H groups in total. The van der Waals surface area contributed by atoms with E-state index in [9.17, 15) is 9.59 Å². The predicted octanol–water partition coefficient (Wildman–Crippen LogP) is 0.292. The normalized spacial score (nSPS) is 10.7. The third-order valence-corrected chi connectivity index (χ3v) is 2.32. The summed E-state index contributed by atoms with van der Waals surface area (Å²) in [6.45, 7) is 0. The first-order valence-corrected chi connectivity index (χ1v) is 6.38. The summed E-state index contributed by atoms with van der Waals surface area (Å²) in [5, 5.41) is 7.57. The summed E-state index contributed by atoms with van der Waals surface area (Å²) >= 11 is 0. The Morgan fingerprint density at radius 3 is 1.73 bits per heavy atom. The molecule has 0 saturated heterocycles. The van der Waals surface area contributed by atoms with Crippen molar-refractivity contribution in [2.45, 2.75) is 0 Å². The molecule has 9 nitrogen and oxygen atoms in total. The lowest BCUT2D eigenvalue weighted by Crippen LogP contribution is -2.31. The molecule has 0 bridgehead atoms. The van der Waals surface area contributed by atoms with Crippen molar-refractivity contribution in [1.82, 2.24) is 25.6 Å². The van der Waals surface area contributed by atoms with Crippen LogP contribution in [0.4, 0.5) is 9.59 Å². The van der Waals surface area contributed by atoms with Crippen LogP contribution in [0.3, 0.4) is 0 Å². The number of carbonyl (C=O) groups is 2. The first-order chi connectivity index (χ1) is 10.4. The zero-order valence-electron chi connectivity index (χ0n) is 12.9. The first kappa shape index (κ1) is 17.1. The van der Waals surface area contributed by atoms with Crippen LogP contribution in [-0.4, -0.2) is 67.5 Å². The SMILES string of the molecule is CN(C)C(=O)NN=Cc1cccc(C=NNC(=O)N(C)C)n1. The Kier molecular flexibility index (Phi) is 6.48. The molecule has 0 aromatic carbocycles. The zero-order chi connectivity index (χ0) is 16.5. The lowest BCUT2D eigenvalue weighted by atomic mass is 10.3. The first-order valence-electron chi connectivity index (χ1n) is 6.38. The summed E-state index contributed by atoms with van der Waals surface area (Å²) in [5.41, 5.74) is 5.77. The topological polar surface area (TPSA) is 102 Å². The molecule has 0 saturated carbocycles. The number of amides is 4. The fourth-order valence-electron chi connectivity index (χ4n) is 1.12. The molecule has 0 fully saturated rings. The largest absolute Gasteiger partial charge is 0.337 e. The Bertz CT molecular complexity index is 534. The molecule has 1 aromatic heterocycles. The third kappa shape index (κ3) is 5.99. The highest BCUT2D eigenvalue weighted by molar-refractivity contribution is 5.83. The van der Waals surface area contributed by atoms with Crippen molar-refractivity contribution in [2.75, 3.05) is 28.2 Å². The summed E-state index contributed by atoms with van der Waals surface area (Å²) in [4.78, 5) is 29.5. The van der Waals surface area contributed by atoms with Crippen molar-refractivity contribution in [3.63, 3.8) is 0 Å². The molecule has 1 aromatic rings. The van der Waals surface area contributed by atoms with E-state index in [-0.39, 0.29) is 12.1 Å². The lowest BCUT2D eigenvalue weighted by Gasteiger charge is -2.07. The quantitative estimate of drug-likeness (QED) is 0.617. The second kappa shape index (κ2) is 8.35. The van der Waals surface area contributed by atoms with Crippen LogP contribution >= 0.6 is 0 Å². The summed E-state index contributed by atoms with van der Waals surface area (Å²) in [5.74, 6) is 0. The fraction of sp³-hybridized carbons (Fsp3) is 0.308. The van der Waals surface area contributed by atoms with E-state index in [0.29, 0.717) is 11.4 Å². The average molecular weight is 305 g/mol. The number of hydrazone groups is 2. The molecule has 1 heterocycles. The van der Waals surface area contributed by atoms with Gasteiger partial charge in [-0.1, -0.05) is 6.07 Å². The van der Waals surface area contributed by atoms with E-state index in [0.717, 1.165) is 0 Å². The van der Waals surface area contributed by atoms with Crippen molar-refractivity contribution >= 4 is 24.5 Å². The molecule has 0 aliphatic rings. The number of hydrogen-bond acceptors (Lipinski definition) is 5. The number of carbonyl (C=O) groups excluding carboxylic acids is 2. The van der Waals surface area contributed by atoms with Crippen LogP contribution < -0.4 is 10.9 Å². The van der Waals surface area contributed by atoms with E-state index in [2.05, 4.69) is 26.0 Å². The molecule has 4 amide bonds. The Hall–Kier alpha value is -2.97. The van der Waals surface area contributed by atoms with Crippen molar-refractivity contribution in [3.05, 3.63) is 29.6 Å². The predicted molar refractivity (Wildman–Crippen MR) is 83.9 cm³/mol. The van der Waals surface area contributed by atoms with E-state index in [1.165, 1.54) is 22.2 Å². The number of nitrogens with zero attached hydrogens (tertiary/aromatic N) is 5. The number of nitrogens with one attached hydrogen (secondary N) is 2. The van der Waals surface area contributed by atoms with Crippen LogP contribution in [0.15, 0.2) is 28.4 Å². The molecule has 0 spiro atoms. The van der Waals surface area contributed by atoms with Crippen LogP contribution in [0.2, 0.25) is 0 Å². The van der Waals surface area contributed by atoms with E-state index >= 15 is 0 Å². The summed E-state index contributed by atoms with van der Waals surface area (Å²) in [6.07, 6.45) is 2.83. The molecule has 0 aliphatic heterocycles. The van der Waals surface area contributed by atoms with Crippen LogP contribution in [0.25, 0.3) is 0 Å². The highest BCUT2D eigenvalue weighted by Crippen LogP contribution is 1.94. The molecular formula is C13H19N7O2. The molecule has 118 valence electrons. The highest BCUT2D eigenvalue weighted by atomic mass is 16.2. The van der Waals surface area contributed by atoms with Gasteiger partial charge in [-0.15, -0.1) is 0 Å². The van der Waals surface area contributed by atoms with Gasteiger partial charge < -0.3 is 9.80 Å². The molecule has 1 rings (SSSR count). The van der Waals surface area contributed by atoms with Gasteiger partial charge in [-0.05, 0) is 12.1 Å². The average Bonchev–Trinajstić information content (AvgIpc) is 2.47. The minimum absolute atomic E-state index is 0.333. The Morgan fingerprint density at radius 1 is 0.955 bits per heavy atom. The Morgan fingerprint density at radius 2 is 1.36 bits per heavy atom. The van der Waals surface area contributed by atoms with E-state index in [1.807, 2.05) is 0 Å². The summed E-state index contributed by atoms with van der Waals surface area (Å²) in [7, 11) is 6.45. The number of aromatic nitrogens is 1. The molecule has 9 heteroatoms. The molecule has 0 unspecified atom stereocenters. The van der Waals surface area contributed by atoms with Crippen LogP contribution in [0.1, 0.15) is 11.4 Å². The van der Waals surface area contributed by atoms with Gasteiger partial charge in [-0.2, -0.15) is 10.2 Å². The Balaban J connectivity index is 2.62. The number of hydrogen-bond donors (Lipinski definition) is 2. The number of rotatable bonds is 4. The maximum Gasteiger partial charge on any atom is 0.337 e. The van der Waals surface area contributed by atoms with Gasteiger partial charge in [0.2, 0.25) is 0 Å².